The molecular formula is C46H35N3. The van der Waals surface area contributed by atoms with Crippen LogP contribution in [0.15, 0.2) is 176 Å². The van der Waals surface area contributed by atoms with Gasteiger partial charge < -0.3 is 15.6 Å². The number of nitrogens with one attached hydrogen (secondary N) is 1. The van der Waals surface area contributed by atoms with Gasteiger partial charge in [-0.2, -0.15) is 0 Å². The van der Waals surface area contributed by atoms with Crippen molar-refractivity contribution in [1.82, 2.24) is 9.88 Å². The van der Waals surface area contributed by atoms with Gasteiger partial charge in [0.05, 0.1) is 0 Å². The van der Waals surface area contributed by atoms with Gasteiger partial charge in [0.25, 0.3) is 0 Å². The highest BCUT2D eigenvalue weighted by Crippen LogP contribution is 2.36. The first-order chi connectivity index (χ1) is 24.2. The van der Waals surface area contributed by atoms with Crippen LogP contribution in [0.5, 0.6) is 0 Å². The minimum atomic E-state index is -0.354. The zero-order valence-electron chi connectivity index (χ0n) is 27.1. The summed E-state index contributed by atoms with van der Waals surface area (Å²) in [6, 6.07) is 60.8. The molecule has 3 nitrogen and oxygen atoms in total. The molecule has 0 aliphatic carbocycles. The fourth-order valence-corrected chi connectivity index (χ4v) is 7.42. The van der Waals surface area contributed by atoms with Crippen LogP contribution in [0.2, 0.25) is 0 Å². The Labute approximate surface area is 285 Å². The van der Waals surface area contributed by atoms with Gasteiger partial charge in [0.1, 0.15) is 6.17 Å². The lowest BCUT2D eigenvalue weighted by Crippen LogP contribution is -2.27. The number of nitrogens with two attached hydrogens (primary N) is 1. The molecule has 0 aliphatic rings. The number of hydrogen-bond acceptors (Lipinski definition) is 2. The maximum atomic E-state index is 6.77. The monoisotopic (exact) mass is 629 g/mol. The number of para-hydroxylation sites is 2. The molecule has 0 bridgehead atoms. The summed E-state index contributed by atoms with van der Waals surface area (Å²) < 4.78 is 2.39. The van der Waals surface area contributed by atoms with E-state index in [-0.39, 0.29) is 6.17 Å². The van der Waals surface area contributed by atoms with E-state index in [0.29, 0.717) is 6.54 Å². The van der Waals surface area contributed by atoms with Crippen molar-refractivity contribution in [3.05, 3.63) is 187 Å². The fraction of sp³-hybridized carbons (Fsp3) is 0.0435. The summed E-state index contributed by atoms with van der Waals surface area (Å²) in [6.45, 7) is 0.699. The highest BCUT2D eigenvalue weighted by atomic mass is 15.0. The zero-order chi connectivity index (χ0) is 32.7. The Hall–Kier alpha value is -6.16. The summed E-state index contributed by atoms with van der Waals surface area (Å²) in [7, 11) is 0. The summed E-state index contributed by atoms with van der Waals surface area (Å²) in [6.07, 6.45) is 1.91. The standard InChI is InChI=1S/C46H35N3/c47-46(33-11-2-1-3-12-33)48-43(27-28-49-44-19-8-6-15-40(44)41-16-7-9-20-45(41)49)32-23-21-31(22-24-32)37-17-10-18-38-39(37)26-25-36-29-34-13-4-5-14-35(34)30-42(36)38/h1-27,29-30,46,48H,28,47H2/b43-27-. The molecule has 3 heteroatoms. The first kappa shape index (κ1) is 29.0. The third-order valence-electron chi connectivity index (χ3n) is 9.88. The number of aromatic nitrogens is 1. The van der Waals surface area contributed by atoms with Crippen molar-refractivity contribution in [2.24, 2.45) is 5.73 Å². The molecule has 234 valence electrons. The van der Waals surface area contributed by atoms with Crippen molar-refractivity contribution in [1.29, 1.82) is 0 Å². The molecular weight excluding hydrogens is 595 g/mol. The molecule has 0 amide bonds. The Bertz CT molecular complexity index is 2610. The lowest BCUT2D eigenvalue weighted by Gasteiger charge is -2.20. The minimum absolute atomic E-state index is 0.354. The van der Waals surface area contributed by atoms with E-state index in [1.165, 1.54) is 65.3 Å². The third kappa shape index (κ3) is 5.22. The average molecular weight is 630 g/mol. The van der Waals surface area contributed by atoms with Crippen molar-refractivity contribution >= 4 is 59.8 Å². The van der Waals surface area contributed by atoms with Gasteiger partial charge in [0.2, 0.25) is 0 Å². The topological polar surface area (TPSA) is 43.0 Å². The molecule has 9 aromatic rings. The number of hydrogen-bond donors (Lipinski definition) is 2. The largest absolute Gasteiger partial charge is 0.366 e. The van der Waals surface area contributed by atoms with E-state index in [9.17, 15) is 0 Å². The Morgan fingerprint density at radius 1 is 0.531 bits per heavy atom. The van der Waals surface area contributed by atoms with Gasteiger partial charge in [-0.05, 0) is 84.9 Å². The van der Waals surface area contributed by atoms with E-state index < -0.39 is 0 Å². The van der Waals surface area contributed by atoms with Crippen LogP contribution in [0.25, 0.3) is 70.9 Å². The molecule has 0 aliphatic heterocycles. The fourth-order valence-electron chi connectivity index (χ4n) is 7.42. The molecule has 1 aromatic heterocycles. The summed E-state index contributed by atoms with van der Waals surface area (Å²) in [5, 5.41) is 13.8. The normalized spacial score (nSPS) is 12.7. The lowest BCUT2D eigenvalue weighted by atomic mass is 9.93. The van der Waals surface area contributed by atoms with Gasteiger partial charge in [-0.1, -0.05) is 146 Å². The predicted molar refractivity (Wildman–Crippen MR) is 208 cm³/mol. The Morgan fingerprint density at radius 2 is 1.16 bits per heavy atom. The Balaban J connectivity index is 1.11. The van der Waals surface area contributed by atoms with Crippen LogP contribution < -0.4 is 11.1 Å². The van der Waals surface area contributed by atoms with Gasteiger partial charge in [-0.3, -0.25) is 0 Å². The van der Waals surface area contributed by atoms with E-state index in [0.717, 1.165) is 16.8 Å². The maximum Gasteiger partial charge on any atom is 0.101 e. The number of nitrogens with zero attached hydrogens (tertiary/aromatic N) is 1. The van der Waals surface area contributed by atoms with E-state index in [1.807, 2.05) is 18.2 Å². The smallest absolute Gasteiger partial charge is 0.101 e. The average Bonchev–Trinajstić information content (AvgIpc) is 3.49. The van der Waals surface area contributed by atoms with E-state index >= 15 is 0 Å². The molecule has 1 atom stereocenters. The summed E-state index contributed by atoms with van der Waals surface area (Å²) in [5.41, 5.74) is 14.7. The first-order valence-corrected chi connectivity index (χ1v) is 16.9. The van der Waals surface area contributed by atoms with Crippen molar-refractivity contribution in [2.45, 2.75) is 12.7 Å². The van der Waals surface area contributed by atoms with Crippen LogP contribution in [0, 0.1) is 0 Å². The lowest BCUT2D eigenvalue weighted by molar-refractivity contribution is 0.664. The molecule has 8 aromatic carbocycles. The molecule has 1 unspecified atom stereocenters. The van der Waals surface area contributed by atoms with Gasteiger partial charge in [0, 0.05) is 34.0 Å². The van der Waals surface area contributed by atoms with Crippen LogP contribution in [-0.4, -0.2) is 4.57 Å². The number of allylic oxidation sites excluding steroid dienone is 1. The molecule has 0 saturated heterocycles. The summed E-state index contributed by atoms with van der Waals surface area (Å²) >= 11 is 0. The molecule has 0 radical (unpaired) electrons. The summed E-state index contributed by atoms with van der Waals surface area (Å²) in [4.78, 5) is 0. The highest BCUT2D eigenvalue weighted by molar-refractivity contribution is 6.15. The number of fused-ring (bicyclic) bond motifs is 7. The second-order valence-corrected chi connectivity index (χ2v) is 12.8. The quantitative estimate of drug-likeness (QED) is 0.105. The zero-order valence-corrected chi connectivity index (χ0v) is 27.1. The van der Waals surface area contributed by atoms with E-state index in [2.05, 4.69) is 168 Å². The van der Waals surface area contributed by atoms with Gasteiger partial charge in [0.15, 0.2) is 0 Å². The molecule has 9 rings (SSSR count). The molecule has 3 N–H and O–H groups in total. The second kappa shape index (κ2) is 12.1. The van der Waals surface area contributed by atoms with E-state index in [4.69, 9.17) is 5.73 Å². The number of rotatable bonds is 7. The maximum absolute atomic E-state index is 6.77. The first-order valence-electron chi connectivity index (χ1n) is 16.9. The molecule has 1 heterocycles. The van der Waals surface area contributed by atoms with Gasteiger partial charge in [-0.15, -0.1) is 0 Å². The molecule has 49 heavy (non-hydrogen) atoms. The summed E-state index contributed by atoms with van der Waals surface area (Å²) in [5.74, 6) is 0. The predicted octanol–water partition coefficient (Wildman–Crippen LogP) is 11.2. The van der Waals surface area contributed by atoms with Gasteiger partial charge in [-0.25, -0.2) is 0 Å². The second-order valence-electron chi connectivity index (χ2n) is 12.8. The Morgan fingerprint density at radius 3 is 1.90 bits per heavy atom. The molecule has 0 fully saturated rings. The highest BCUT2D eigenvalue weighted by Gasteiger charge is 2.13. The number of benzene rings is 8. The van der Waals surface area contributed by atoms with Crippen LogP contribution in [0.1, 0.15) is 17.3 Å². The van der Waals surface area contributed by atoms with Crippen molar-refractivity contribution in [3.63, 3.8) is 0 Å². The van der Waals surface area contributed by atoms with Crippen molar-refractivity contribution in [3.8, 4) is 11.1 Å². The third-order valence-corrected chi connectivity index (χ3v) is 9.88. The van der Waals surface area contributed by atoms with Crippen LogP contribution >= 0.6 is 0 Å². The molecule has 0 spiro atoms. The van der Waals surface area contributed by atoms with Crippen molar-refractivity contribution < 1.29 is 0 Å². The SMILES string of the molecule is NC(N/C(=C\Cn1c2ccccc2c2ccccc21)c1ccc(-c2cccc3c2ccc2cc4ccccc4cc23)cc1)c1ccccc1. The minimum Gasteiger partial charge on any atom is -0.366 e. The van der Waals surface area contributed by atoms with E-state index in [1.54, 1.807) is 0 Å². The molecule has 0 saturated carbocycles. The Kier molecular flexibility index (Phi) is 7.18. The van der Waals surface area contributed by atoms with Crippen LogP contribution in [-0.2, 0) is 6.54 Å². The van der Waals surface area contributed by atoms with Crippen LogP contribution in [0.4, 0.5) is 0 Å². The van der Waals surface area contributed by atoms with Gasteiger partial charge >= 0.3 is 0 Å². The van der Waals surface area contributed by atoms with Crippen LogP contribution in [0.3, 0.4) is 0 Å². The van der Waals surface area contributed by atoms with Crippen molar-refractivity contribution in [2.75, 3.05) is 0 Å².